The number of anilines is 2. The number of morpholine rings is 1. The minimum absolute atomic E-state index is 0.125. The Morgan fingerprint density at radius 3 is 2.60 bits per heavy atom. The molecule has 222 valence electrons. The van der Waals surface area contributed by atoms with E-state index in [0.717, 1.165) is 89.9 Å². The van der Waals surface area contributed by atoms with E-state index in [1.807, 2.05) is 41.3 Å². The number of pyridine rings is 2. The summed E-state index contributed by atoms with van der Waals surface area (Å²) < 4.78 is 13.8. The van der Waals surface area contributed by atoms with Gasteiger partial charge in [-0.3, -0.25) is 4.98 Å². The number of hydrogen-bond donors (Lipinski definition) is 0. The van der Waals surface area contributed by atoms with Crippen molar-refractivity contribution in [1.82, 2.24) is 19.7 Å². The van der Waals surface area contributed by atoms with Crippen LogP contribution in [0.15, 0.2) is 54.9 Å². The second kappa shape index (κ2) is 11.8. The fraction of sp³-hybridized carbons (Fsp3) is 0.455. The lowest BCUT2D eigenvalue weighted by Crippen LogP contribution is -2.45. The summed E-state index contributed by atoms with van der Waals surface area (Å²) in [5, 5.41) is 17.2. The van der Waals surface area contributed by atoms with Crippen LogP contribution in [0.2, 0.25) is 5.02 Å². The van der Waals surface area contributed by atoms with Gasteiger partial charge in [-0.25, -0.2) is 9.67 Å². The third kappa shape index (κ3) is 5.22. The van der Waals surface area contributed by atoms with Crippen LogP contribution in [0.5, 0.6) is 0 Å². The monoisotopic (exact) mass is 597 g/mol. The molecule has 0 amide bonds. The second-order valence-corrected chi connectivity index (χ2v) is 12.3. The molecular formula is C33H36ClN7O2. The van der Waals surface area contributed by atoms with E-state index < -0.39 is 5.41 Å². The van der Waals surface area contributed by atoms with Gasteiger partial charge < -0.3 is 19.3 Å². The summed E-state index contributed by atoms with van der Waals surface area (Å²) in [4.78, 5) is 14.8. The maximum absolute atomic E-state index is 10.9. The van der Waals surface area contributed by atoms with E-state index in [2.05, 4.69) is 46.1 Å². The standard InChI is InChI=1S/C33H36ClN7O2/c1-23-21-42-19-17-40(23)29-20-27(33(22-35)11-15-39(16-12-33)25-7-5-24(34)6-8-25)26-9-13-36-32(31(26)38-29)28-10-14-37-41(28)30-4-2-3-18-43-30/h5-10,13-14,20,23,30H,2-4,11-12,15-19,21H2,1H3/t23-,30?/m1/s1. The number of benzene rings is 1. The van der Waals surface area contributed by atoms with Crippen molar-refractivity contribution in [2.45, 2.75) is 56.7 Å². The zero-order chi connectivity index (χ0) is 29.4. The Kier molecular flexibility index (Phi) is 7.68. The number of aromatic nitrogens is 4. The number of hydrogen-bond acceptors (Lipinski definition) is 8. The predicted molar refractivity (Wildman–Crippen MR) is 167 cm³/mol. The van der Waals surface area contributed by atoms with Crippen molar-refractivity contribution in [2.75, 3.05) is 49.3 Å². The quantitative estimate of drug-likeness (QED) is 0.271. The van der Waals surface area contributed by atoms with Gasteiger partial charge in [0.05, 0.1) is 36.4 Å². The summed E-state index contributed by atoms with van der Waals surface area (Å²) in [6, 6.07) is 17.1. The number of ether oxygens (including phenoxy) is 2. The number of nitrogens with zero attached hydrogens (tertiary/aromatic N) is 7. The van der Waals surface area contributed by atoms with E-state index in [9.17, 15) is 5.26 Å². The normalized spacial score (nSPS) is 22.4. The van der Waals surface area contributed by atoms with Crippen LogP contribution < -0.4 is 9.80 Å². The van der Waals surface area contributed by atoms with Gasteiger partial charge >= 0.3 is 0 Å². The molecule has 0 bridgehead atoms. The molecule has 10 heteroatoms. The van der Waals surface area contributed by atoms with E-state index >= 15 is 0 Å². The molecule has 3 aromatic heterocycles. The summed E-state index contributed by atoms with van der Waals surface area (Å²) in [7, 11) is 0. The molecule has 0 N–H and O–H groups in total. The van der Waals surface area contributed by atoms with E-state index in [4.69, 9.17) is 31.0 Å². The lowest BCUT2D eigenvalue weighted by Gasteiger charge is -2.40. The van der Waals surface area contributed by atoms with Crippen LogP contribution in [-0.2, 0) is 14.9 Å². The van der Waals surface area contributed by atoms with Crippen molar-refractivity contribution in [3.8, 4) is 17.5 Å². The number of nitriles is 1. The lowest BCUT2D eigenvalue weighted by atomic mass is 9.72. The lowest BCUT2D eigenvalue weighted by molar-refractivity contribution is -0.0383. The first-order valence-corrected chi connectivity index (χ1v) is 15.7. The van der Waals surface area contributed by atoms with Gasteiger partial charge in [0, 0.05) is 54.7 Å². The van der Waals surface area contributed by atoms with Crippen LogP contribution in [0.25, 0.3) is 22.3 Å². The van der Waals surface area contributed by atoms with Crippen LogP contribution in [0.4, 0.5) is 11.5 Å². The molecule has 1 aromatic carbocycles. The maximum Gasteiger partial charge on any atom is 0.150 e. The van der Waals surface area contributed by atoms with Crippen molar-refractivity contribution < 1.29 is 9.47 Å². The average molecular weight is 598 g/mol. The first kappa shape index (κ1) is 28.1. The molecule has 43 heavy (non-hydrogen) atoms. The third-order valence-corrected chi connectivity index (χ3v) is 9.51. The summed E-state index contributed by atoms with van der Waals surface area (Å²) >= 11 is 6.15. The van der Waals surface area contributed by atoms with Crippen molar-refractivity contribution in [2.24, 2.45) is 0 Å². The molecule has 0 radical (unpaired) electrons. The molecule has 3 fully saturated rings. The summed E-state index contributed by atoms with van der Waals surface area (Å²) in [5.74, 6) is 0.863. The fourth-order valence-electron chi connectivity index (χ4n) is 6.82. The topological polar surface area (TPSA) is 92.3 Å². The highest BCUT2D eigenvalue weighted by atomic mass is 35.5. The summed E-state index contributed by atoms with van der Waals surface area (Å²) in [6.07, 6.45) is 8.02. The Bertz CT molecular complexity index is 1640. The molecule has 9 nitrogen and oxygen atoms in total. The van der Waals surface area contributed by atoms with Gasteiger partial charge in [-0.1, -0.05) is 11.6 Å². The van der Waals surface area contributed by atoms with Crippen molar-refractivity contribution in [1.29, 1.82) is 5.26 Å². The molecule has 3 saturated heterocycles. The zero-order valence-corrected chi connectivity index (χ0v) is 25.2. The van der Waals surface area contributed by atoms with Gasteiger partial charge in [-0.15, -0.1) is 0 Å². The molecule has 7 rings (SSSR count). The van der Waals surface area contributed by atoms with Crippen LogP contribution in [0.1, 0.15) is 50.8 Å². The Balaban J connectivity index is 1.35. The highest BCUT2D eigenvalue weighted by molar-refractivity contribution is 6.30. The molecule has 0 saturated carbocycles. The number of halogens is 1. The van der Waals surface area contributed by atoms with Gasteiger partial charge in [-0.2, -0.15) is 10.4 Å². The minimum atomic E-state index is -0.667. The van der Waals surface area contributed by atoms with Crippen LogP contribution in [-0.4, -0.2) is 65.2 Å². The minimum Gasteiger partial charge on any atom is -0.377 e. The molecule has 0 spiro atoms. The first-order valence-electron chi connectivity index (χ1n) is 15.3. The van der Waals surface area contributed by atoms with Gasteiger partial charge in [-0.05, 0) is 87.1 Å². The smallest absolute Gasteiger partial charge is 0.150 e. The first-order chi connectivity index (χ1) is 21.1. The van der Waals surface area contributed by atoms with Gasteiger partial charge in [0.2, 0.25) is 0 Å². The van der Waals surface area contributed by atoms with E-state index in [1.54, 1.807) is 0 Å². The highest BCUT2D eigenvalue weighted by Crippen LogP contribution is 2.43. The van der Waals surface area contributed by atoms with Crippen LogP contribution >= 0.6 is 11.6 Å². The second-order valence-electron chi connectivity index (χ2n) is 11.8. The Labute approximate surface area is 257 Å². The number of piperidine rings is 1. The van der Waals surface area contributed by atoms with E-state index in [1.165, 1.54) is 0 Å². The van der Waals surface area contributed by atoms with E-state index in [-0.39, 0.29) is 12.3 Å². The third-order valence-electron chi connectivity index (χ3n) is 9.26. The Hall–Kier alpha value is -3.71. The van der Waals surface area contributed by atoms with Gasteiger partial charge in [0.15, 0.2) is 6.23 Å². The zero-order valence-electron chi connectivity index (χ0n) is 24.5. The average Bonchev–Trinajstić information content (AvgIpc) is 3.55. The fourth-order valence-corrected chi connectivity index (χ4v) is 6.95. The summed E-state index contributed by atoms with van der Waals surface area (Å²) in [5.41, 5.74) is 3.92. The van der Waals surface area contributed by atoms with Crippen molar-refractivity contribution in [3.63, 3.8) is 0 Å². The molecule has 6 heterocycles. The Morgan fingerprint density at radius 2 is 1.86 bits per heavy atom. The largest absolute Gasteiger partial charge is 0.377 e. The van der Waals surface area contributed by atoms with Gasteiger partial charge in [0.1, 0.15) is 17.0 Å². The van der Waals surface area contributed by atoms with Gasteiger partial charge in [0.25, 0.3) is 0 Å². The number of rotatable bonds is 5. The van der Waals surface area contributed by atoms with E-state index in [0.29, 0.717) is 26.1 Å². The Morgan fingerprint density at radius 1 is 1.02 bits per heavy atom. The van der Waals surface area contributed by atoms with Crippen LogP contribution in [0, 0.1) is 11.3 Å². The number of fused-ring (bicyclic) bond motifs is 1. The molecule has 3 aliphatic heterocycles. The molecule has 0 aliphatic carbocycles. The summed E-state index contributed by atoms with van der Waals surface area (Å²) in [6.45, 7) is 6.45. The van der Waals surface area contributed by atoms with Crippen molar-refractivity contribution >= 4 is 34.0 Å². The maximum atomic E-state index is 10.9. The molecule has 4 aromatic rings. The molecule has 2 atom stereocenters. The van der Waals surface area contributed by atoms with Crippen molar-refractivity contribution in [3.05, 3.63) is 65.4 Å². The predicted octanol–water partition coefficient (Wildman–Crippen LogP) is 6.13. The van der Waals surface area contributed by atoms with Crippen LogP contribution in [0.3, 0.4) is 0 Å². The SMILES string of the molecule is C[C@@H]1COCCN1c1cc(C2(C#N)CCN(c3ccc(Cl)cc3)CC2)c2ccnc(-c3ccnn3C3CCCCO3)c2n1. The molecule has 1 unspecified atom stereocenters. The molecule has 3 aliphatic rings. The highest BCUT2D eigenvalue weighted by Gasteiger charge is 2.39. The molecular weight excluding hydrogens is 562 g/mol.